The molecule has 5 nitrogen and oxygen atoms in total. The number of nitrogens with one attached hydrogen (secondary N) is 1. The van der Waals surface area contributed by atoms with E-state index < -0.39 is 0 Å². The number of ether oxygens (including phenoxy) is 1. The van der Waals surface area contributed by atoms with Crippen molar-refractivity contribution in [3.63, 3.8) is 0 Å². The molecule has 0 radical (unpaired) electrons. The molecule has 0 saturated carbocycles. The molecule has 0 fully saturated rings. The second-order valence-electron chi connectivity index (χ2n) is 6.68. The zero-order chi connectivity index (χ0) is 20.9. The standard InChI is InChI=1S/C24H20ClN3O2/c1-2-30-23-8-4-3-6-17(23)15-27-24(29)20-13-22(16-7-5-11-26-14-16)28-21-10-9-18(25)12-19(20)21/h3-14H,2,15H2,1H3,(H,27,29). The number of fused-ring (bicyclic) bond motifs is 1. The molecule has 1 N–H and O–H groups in total. The molecule has 0 atom stereocenters. The molecule has 0 aliphatic rings. The summed E-state index contributed by atoms with van der Waals surface area (Å²) in [7, 11) is 0. The highest BCUT2D eigenvalue weighted by Crippen LogP contribution is 2.27. The smallest absolute Gasteiger partial charge is 0.252 e. The Morgan fingerprint density at radius 3 is 2.77 bits per heavy atom. The average Bonchev–Trinajstić information content (AvgIpc) is 2.78. The summed E-state index contributed by atoms with van der Waals surface area (Å²) < 4.78 is 5.65. The predicted molar refractivity (Wildman–Crippen MR) is 119 cm³/mol. The van der Waals surface area contributed by atoms with Gasteiger partial charge in [-0.15, -0.1) is 0 Å². The van der Waals surface area contributed by atoms with E-state index in [1.54, 1.807) is 30.6 Å². The number of para-hydroxylation sites is 1. The van der Waals surface area contributed by atoms with Gasteiger partial charge in [0.2, 0.25) is 0 Å². The van der Waals surface area contributed by atoms with Gasteiger partial charge in [0.05, 0.1) is 23.4 Å². The molecule has 2 heterocycles. The molecule has 6 heteroatoms. The minimum Gasteiger partial charge on any atom is -0.494 e. The van der Waals surface area contributed by atoms with Gasteiger partial charge in [0.25, 0.3) is 5.91 Å². The minimum atomic E-state index is -0.207. The summed E-state index contributed by atoms with van der Waals surface area (Å²) in [6, 6.07) is 18.6. The zero-order valence-electron chi connectivity index (χ0n) is 16.4. The maximum Gasteiger partial charge on any atom is 0.252 e. The molecule has 0 unspecified atom stereocenters. The van der Waals surface area contributed by atoms with E-state index in [9.17, 15) is 4.79 Å². The first-order valence-electron chi connectivity index (χ1n) is 9.65. The molecule has 1 amide bonds. The fraction of sp³-hybridized carbons (Fsp3) is 0.125. The summed E-state index contributed by atoms with van der Waals surface area (Å²) in [5.74, 6) is 0.556. The van der Waals surface area contributed by atoms with Gasteiger partial charge in [0.15, 0.2) is 0 Å². The highest BCUT2D eigenvalue weighted by atomic mass is 35.5. The van der Waals surface area contributed by atoms with Crippen LogP contribution in [0.4, 0.5) is 0 Å². The van der Waals surface area contributed by atoms with E-state index in [4.69, 9.17) is 16.3 Å². The van der Waals surface area contributed by atoms with Crippen LogP contribution in [-0.4, -0.2) is 22.5 Å². The number of benzene rings is 2. The summed E-state index contributed by atoms with van der Waals surface area (Å²) >= 11 is 6.19. The van der Waals surface area contributed by atoms with Gasteiger partial charge in [0, 0.05) is 40.5 Å². The zero-order valence-corrected chi connectivity index (χ0v) is 17.2. The quantitative estimate of drug-likeness (QED) is 0.463. The van der Waals surface area contributed by atoms with E-state index >= 15 is 0 Å². The van der Waals surface area contributed by atoms with Gasteiger partial charge in [-0.2, -0.15) is 0 Å². The second-order valence-corrected chi connectivity index (χ2v) is 7.12. The molecular formula is C24H20ClN3O2. The monoisotopic (exact) mass is 417 g/mol. The van der Waals surface area contributed by atoms with Crippen molar-refractivity contribution < 1.29 is 9.53 Å². The summed E-state index contributed by atoms with van der Waals surface area (Å²) in [5, 5.41) is 4.25. The highest BCUT2D eigenvalue weighted by molar-refractivity contribution is 6.31. The third kappa shape index (κ3) is 4.26. The molecule has 0 aliphatic carbocycles. The largest absolute Gasteiger partial charge is 0.494 e. The van der Waals surface area contributed by atoms with Crippen molar-refractivity contribution in [3.8, 4) is 17.0 Å². The molecule has 4 aromatic rings. The van der Waals surface area contributed by atoms with Crippen molar-refractivity contribution in [2.24, 2.45) is 0 Å². The molecule has 2 aromatic carbocycles. The van der Waals surface area contributed by atoms with E-state index in [1.807, 2.05) is 49.4 Å². The van der Waals surface area contributed by atoms with Gasteiger partial charge in [-0.25, -0.2) is 4.98 Å². The van der Waals surface area contributed by atoms with Gasteiger partial charge in [-0.3, -0.25) is 9.78 Å². The van der Waals surface area contributed by atoms with Crippen LogP contribution in [0.2, 0.25) is 5.02 Å². The normalized spacial score (nSPS) is 10.7. The number of halogens is 1. The van der Waals surface area contributed by atoms with Gasteiger partial charge in [-0.05, 0) is 49.4 Å². The van der Waals surface area contributed by atoms with E-state index in [1.165, 1.54) is 0 Å². The first-order valence-corrected chi connectivity index (χ1v) is 10.0. The summed E-state index contributed by atoms with van der Waals surface area (Å²) in [6.07, 6.45) is 3.43. The first kappa shape index (κ1) is 19.9. The van der Waals surface area contributed by atoms with E-state index in [-0.39, 0.29) is 5.91 Å². The van der Waals surface area contributed by atoms with E-state index in [2.05, 4.69) is 15.3 Å². The summed E-state index contributed by atoms with van der Waals surface area (Å²) in [6.45, 7) is 2.84. The number of hydrogen-bond donors (Lipinski definition) is 1. The number of carbonyl (C=O) groups excluding carboxylic acids is 1. The Balaban J connectivity index is 1.70. The molecule has 2 aromatic heterocycles. The number of aromatic nitrogens is 2. The lowest BCUT2D eigenvalue weighted by Gasteiger charge is -2.13. The van der Waals surface area contributed by atoms with Crippen LogP contribution in [0.3, 0.4) is 0 Å². The predicted octanol–water partition coefficient (Wildman–Crippen LogP) is 5.28. The maximum absolute atomic E-state index is 13.2. The Hall–Kier alpha value is -3.44. The van der Waals surface area contributed by atoms with Crippen molar-refractivity contribution in [2.45, 2.75) is 13.5 Å². The third-order valence-electron chi connectivity index (χ3n) is 4.68. The molecule has 0 saturated heterocycles. The van der Waals surface area contributed by atoms with Gasteiger partial charge in [0.1, 0.15) is 5.75 Å². The SMILES string of the molecule is CCOc1ccccc1CNC(=O)c1cc(-c2cccnc2)nc2ccc(Cl)cc12. The average molecular weight is 418 g/mol. The molecular weight excluding hydrogens is 398 g/mol. The molecule has 0 spiro atoms. The third-order valence-corrected chi connectivity index (χ3v) is 4.92. The number of nitrogens with zero attached hydrogens (tertiary/aromatic N) is 2. The number of amides is 1. The molecule has 0 bridgehead atoms. The van der Waals surface area contributed by atoms with Gasteiger partial charge in [-0.1, -0.05) is 29.8 Å². The number of carbonyl (C=O) groups is 1. The lowest BCUT2D eigenvalue weighted by molar-refractivity contribution is 0.0952. The Labute approximate surface area is 179 Å². The summed E-state index contributed by atoms with van der Waals surface area (Å²) in [4.78, 5) is 22.0. The van der Waals surface area contributed by atoms with Crippen molar-refractivity contribution in [3.05, 3.63) is 89.2 Å². The Kier molecular flexibility index (Phi) is 5.91. The highest BCUT2D eigenvalue weighted by Gasteiger charge is 2.15. The van der Waals surface area contributed by atoms with Crippen LogP contribution in [0.25, 0.3) is 22.2 Å². The number of rotatable bonds is 6. The Morgan fingerprint density at radius 2 is 1.97 bits per heavy atom. The van der Waals surface area contributed by atoms with Gasteiger partial charge < -0.3 is 10.1 Å². The molecule has 0 aliphatic heterocycles. The molecule has 4 rings (SSSR count). The van der Waals surface area contributed by atoms with Crippen LogP contribution >= 0.6 is 11.6 Å². The topological polar surface area (TPSA) is 64.1 Å². The Bertz CT molecular complexity index is 1200. The van der Waals surface area contributed by atoms with Crippen LogP contribution in [0.1, 0.15) is 22.8 Å². The maximum atomic E-state index is 13.2. The van der Waals surface area contributed by atoms with Crippen molar-refractivity contribution in [1.82, 2.24) is 15.3 Å². The first-order chi connectivity index (χ1) is 14.7. The van der Waals surface area contributed by atoms with Crippen molar-refractivity contribution in [2.75, 3.05) is 6.61 Å². The summed E-state index contributed by atoms with van der Waals surface area (Å²) in [5.41, 5.74) is 3.63. The Morgan fingerprint density at radius 1 is 1.10 bits per heavy atom. The van der Waals surface area contributed by atoms with Crippen LogP contribution < -0.4 is 10.1 Å². The lowest BCUT2D eigenvalue weighted by atomic mass is 10.0. The fourth-order valence-electron chi connectivity index (χ4n) is 3.26. The van der Waals surface area contributed by atoms with Crippen molar-refractivity contribution >= 4 is 28.4 Å². The van der Waals surface area contributed by atoms with Crippen LogP contribution in [0.5, 0.6) is 5.75 Å². The van der Waals surface area contributed by atoms with E-state index in [0.29, 0.717) is 40.3 Å². The minimum absolute atomic E-state index is 0.207. The van der Waals surface area contributed by atoms with Crippen LogP contribution in [0.15, 0.2) is 73.1 Å². The second kappa shape index (κ2) is 8.93. The van der Waals surface area contributed by atoms with Gasteiger partial charge >= 0.3 is 0 Å². The fourth-order valence-corrected chi connectivity index (χ4v) is 3.44. The van der Waals surface area contributed by atoms with Crippen LogP contribution in [0, 0.1) is 0 Å². The van der Waals surface area contributed by atoms with Crippen molar-refractivity contribution in [1.29, 1.82) is 0 Å². The number of hydrogen-bond acceptors (Lipinski definition) is 4. The van der Waals surface area contributed by atoms with Crippen LogP contribution in [-0.2, 0) is 6.54 Å². The molecule has 30 heavy (non-hydrogen) atoms. The molecule has 150 valence electrons. The lowest BCUT2D eigenvalue weighted by Crippen LogP contribution is -2.23. The van der Waals surface area contributed by atoms with E-state index in [0.717, 1.165) is 16.9 Å². The number of pyridine rings is 2.